The Hall–Kier alpha value is -0.500. The van der Waals surface area contributed by atoms with Crippen LogP contribution in [0.2, 0.25) is 0 Å². The van der Waals surface area contributed by atoms with E-state index in [9.17, 15) is 8.42 Å². The topological polar surface area (TPSA) is 85.1 Å². The Kier molecular flexibility index (Phi) is 4.21. The highest BCUT2D eigenvalue weighted by molar-refractivity contribution is 7.89. The molecule has 0 aliphatic rings. The molecule has 1 aromatic rings. The summed E-state index contributed by atoms with van der Waals surface area (Å²) in [6.07, 6.45) is 1.73. The Bertz CT molecular complexity index is 413. The number of sulfonamides is 1. The SMILES string of the molecule is Cc1cnc(C(C)NS(=O)(=O)CCN)s1. The van der Waals surface area contributed by atoms with Gasteiger partial charge in [-0.05, 0) is 13.8 Å². The van der Waals surface area contributed by atoms with Gasteiger partial charge in [0.05, 0.1) is 11.8 Å². The van der Waals surface area contributed by atoms with Crippen LogP contribution in [0, 0.1) is 6.92 Å². The summed E-state index contributed by atoms with van der Waals surface area (Å²) in [5, 5.41) is 0.771. The number of rotatable bonds is 5. The molecular formula is C8H15N3O2S2. The molecule has 1 atom stereocenters. The lowest BCUT2D eigenvalue weighted by Crippen LogP contribution is -2.31. The molecule has 0 amide bonds. The van der Waals surface area contributed by atoms with Crippen LogP contribution < -0.4 is 10.5 Å². The summed E-state index contributed by atoms with van der Waals surface area (Å²) in [7, 11) is -3.28. The van der Waals surface area contributed by atoms with Gasteiger partial charge < -0.3 is 5.73 Å². The molecule has 1 rings (SSSR count). The molecule has 0 fully saturated rings. The first-order valence-electron chi connectivity index (χ1n) is 4.57. The zero-order valence-corrected chi connectivity index (χ0v) is 10.4. The number of thiazole rings is 1. The van der Waals surface area contributed by atoms with Gasteiger partial charge in [-0.15, -0.1) is 11.3 Å². The second kappa shape index (κ2) is 5.02. The lowest BCUT2D eigenvalue weighted by Gasteiger charge is -2.10. The van der Waals surface area contributed by atoms with Crippen molar-refractivity contribution < 1.29 is 8.42 Å². The van der Waals surface area contributed by atoms with Crippen molar-refractivity contribution >= 4 is 21.4 Å². The predicted molar refractivity (Wildman–Crippen MR) is 61.2 cm³/mol. The Balaban J connectivity index is 2.67. The third-order valence-corrected chi connectivity index (χ3v) is 4.33. The van der Waals surface area contributed by atoms with Gasteiger partial charge in [-0.3, -0.25) is 0 Å². The maximum absolute atomic E-state index is 11.4. The van der Waals surface area contributed by atoms with Gasteiger partial charge in [0.15, 0.2) is 0 Å². The molecule has 7 heteroatoms. The van der Waals surface area contributed by atoms with Crippen molar-refractivity contribution in [3.8, 4) is 0 Å². The Morgan fingerprint density at radius 3 is 2.80 bits per heavy atom. The molecule has 15 heavy (non-hydrogen) atoms. The minimum atomic E-state index is -3.28. The number of hydrogen-bond acceptors (Lipinski definition) is 5. The van der Waals surface area contributed by atoms with Crippen molar-refractivity contribution in [2.45, 2.75) is 19.9 Å². The Labute approximate surface area is 93.8 Å². The molecule has 0 aliphatic carbocycles. The maximum Gasteiger partial charge on any atom is 0.213 e. The quantitative estimate of drug-likeness (QED) is 0.790. The van der Waals surface area contributed by atoms with E-state index < -0.39 is 10.0 Å². The molecule has 0 saturated heterocycles. The highest BCUT2D eigenvalue weighted by Gasteiger charge is 2.16. The van der Waals surface area contributed by atoms with Crippen LogP contribution in [0.5, 0.6) is 0 Å². The normalized spacial score (nSPS) is 14.1. The van der Waals surface area contributed by atoms with Crippen LogP contribution in [0.25, 0.3) is 0 Å². The first-order valence-corrected chi connectivity index (χ1v) is 7.04. The maximum atomic E-state index is 11.4. The summed E-state index contributed by atoms with van der Waals surface area (Å²) in [6, 6.07) is -0.291. The van der Waals surface area contributed by atoms with Crippen molar-refractivity contribution in [1.82, 2.24) is 9.71 Å². The van der Waals surface area contributed by atoms with Gasteiger partial charge in [0.1, 0.15) is 5.01 Å². The van der Waals surface area contributed by atoms with Gasteiger partial charge in [-0.2, -0.15) is 0 Å². The summed E-state index contributed by atoms with van der Waals surface area (Å²) in [4.78, 5) is 5.19. The first kappa shape index (κ1) is 12.6. The molecule has 1 heterocycles. The number of aryl methyl sites for hydroxylation is 1. The predicted octanol–water partition coefficient (Wildman–Crippen LogP) is 0.391. The van der Waals surface area contributed by atoms with Gasteiger partial charge in [0.2, 0.25) is 10.0 Å². The zero-order chi connectivity index (χ0) is 11.5. The van der Waals surface area contributed by atoms with Gasteiger partial charge in [0, 0.05) is 17.6 Å². The van der Waals surface area contributed by atoms with Crippen LogP contribution in [0.1, 0.15) is 22.9 Å². The Morgan fingerprint density at radius 1 is 1.67 bits per heavy atom. The zero-order valence-electron chi connectivity index (χ0n) is 8.73. The molecule has 0 aliphatic heterocycles. The van der Waals surface area contributed by atoms with E-state index in [0.717, 1.165) is 9.88 Å². The van der Waals surface area contributed by atoms with E-state index in [-0.39, 0.29) is 18.3 Å². The average Bonchev–Trinajstić information content (AvgIpc) is 2.50. The Morgan fingerprint density at radius 2 is 2.33 bits per heavy atom. The minimum absolute atomic E-state index is 0.0539. The molecule has 3 N–H and O–H groups in total. The molecule has 0 saturated carbocycles. The number of aromatic nitrogens is 1. The van der Waals surface area contributed by atoms with Crippen LogP contribution in [-0.4, -0.2) is 25.7 Å². The number of nitrogens with zero attached hydrogens (tertiary/aromatic N) is 1. The van der Waals surface area contributed by atoms with Crippen molar-refractivity contribution in [1.29, 1.82) is 0 Å². The molecule has 1 aromatic heterocycles. The van der Waals surface area contributed by atoms with E-state index in [1.165, 1.54) is 11.3 Å². The number of nitrogens with two attached hydrogens (primary N) is 1. The number of hydrogen-bond donors (Lipinski definition) is 2. The van der Waals surface area contributed by atoms with Gasteiger partial charge >= 0.3 is 0 Å². The summed E-state index contributed by atoms with van der Waals surface area (Å²) in [6.45, 7) is 3.83. The van der Waals surface area contributed by atoms with Crippen LogP contribution in [0.3, 0.4) is 0 Å². The molecule has 1 unspecified atom stereocenters. The van der Waals surface area contributed by atoms with E-state index in [0.29, 0.717) is 0 Å². The summed E-state index contributed by atoms with van der Waals surface area (Å²) in [5.74, 6) is -0.0539. The summed E-state index contributed by atoms with van der Waals surface area (Å²) >= 11 is 1.49. The first-order chi connectivity index (χ1) is 6.94. The summed E-state index contributed by atoms with van der Waals surface area (Å²) in [5.41, 5.74) is 5.20. The lowest BCUT2D eigenvalue weighted by molar-refractivity contribution is 0.566. The van der Waals surface area contributed by atoms with Crippen LogP contribution in [-0.2, 0) is 10.0 Å². The summed E-state index contributed by atoms with van der Waals surface area (Å²) < 4.78 is 25.3. The van der Waals surface area contributed by atoms with E-state index >= 15 is 0 Å². The van der Waals surface area contributed by atoms with Gasteiger partial charge in [0.25, 0.3) is 0 Å². The molecule has 0 bridgehead atoms. The molecule has 5 nitrogen and oxygen atoms in total. The third-order valence-electron chi connectivity index (χ3n) is 1.75. The van der Waals surface area contributed by atoms with Crippen LogP contribution in [0.4, 0.5) is 0 Å². The molecular weight excluding hydrogens is 234 g/mol. The molecule has 0 aromatic carbocycles. The van der Waals surface area contributed by atoms with Crippen molar-refractivity contribution in [2.75, 3.05) is 12.3 Å². The fourth-order valence-electron chi connectivity index (χ4n) is 1.11. The van der Waals surface area contributed by atoms with E-state index in [1.54, 1.807) is 13.1 Å². The molecule has 86 valence electrons. The fourth-order valence-corrected chi connectivity index (χ4v) is 3.04. The monoisotopic (exact) mass is 249 g/mol. The lowest BCUT2D eigenvalue weighted by atomic mass is 10.4. The molecule has 0 spiro atoms. The number of nitrogens with one attached hydrogen (secondary N) is 1. The largest absolute Gasteiger partial charge is 0.329 e. The van der Waals surface area contributed by atoms with Gasteiger partial charge in [-0.25, -0.2) is 18.1 Å². The van der Waals surface area contributed by atoms with Gasteiger partial charge in [-0.1, -0.05) is 0 Å². The highest BCUT2D eigenvalue weighted by atomic mass is 32.2. The molecule has 0 radical (unpaired) electrons. The highest BCUT2D eigenvalue weighted by Crippen LogP contribution is 2.19. The van der Waals surface area contributed by atoms with E-state index in [1.807, 2.05) is 6.92 Å². The van der Waals surface area contributed by atoms with Crippen LogP contribution >= 0.6 is 11.3 Å². The second-order valence-corrected chi connectivity index (χ2v) is 6.40. The average molecular weight is 249 g/mol. The fraction of sp³-hybridized carbons (Fsp3) is 0.625. The van der Waals surface area contributed by atoms with Crippen molar-refractivity contribution in [3.05, 3.63) is 16.1 Å². The van der Waals surface area contributed by atoms with E-state index in [4.69, 9.17) is 5.73 Å². The van der Waals surface area contributed by atoms with Crippen molar-refractivity contribution in [3.63, 3.8) is 0 Å². The van der Waals surface area contributed by atoms with Crippen molar-refractivity contribution in [2.24, 2.45) is 5.73 Å². The standard InChI is InChI=1S/C8H15N3O2S2/c1-6-5-10-8(14-6)7(2)11-15(12,13)4-3-9/h5,7,11H,3-4,9H2,1-2H3. The second-order valence-electron chi connectivity index (χ2n) is 3.26. The van der Waals surface area contributed by atoms with E-state index in [2.05, 4.69) is 9.71 Å². The minimum Gasteiger partial charge on any atom is -0.329 e. The third kappa shape index (κ3) is 3.86. The smallest absolute Gasteiger partial charge is 0.213 e. The van der Waals surface area contributed by atoms with Crippen LogP contribution in [0.15, 0.2) is 6.20 Å².